The van der Waals surface area contributed by atoms with E-state index in [2.05, 4.69) is 27.0 Å². The molecule has 0 radical (unpaired) electrons. The Morgan fingerprint density at radius 2 is 2.04 bits per heavy atom. The zero-order valence-corrected chi connectivity index (χ0v) is 15.4. The van der Waals surface area contributed by atoms with Crippen molar-refractivity contribution in [3.8, 4) is 0 Å². The lowest BCUT2D eigenvalue weighted by molar-refractivity contribution is -0.138. The summed E-state index contributed by atoms with van der Waals surface area (Å²) in [7, 11) is 0. The lowest BCUT2D eigenvalue weighted by Gasteiger charge is -2.49. The van der Waals surface area contributed by atoms with Gasteiger partial charge in [0, 0.05) is 55.2 Å². The molecule has 2 aliphatic heterocycles. The van der Waals surface area contributed by atoms with Gasteiger partial charge in [0.05, 0.1) is 12.2 Å². The van der Waals surface area contributed by atoms with Crippen molar-refractivity contribution < 1.29 is 4.79 Å². The van der Waals surface area contributed by atoms with E-state index in [-0.39, 0.29) is 11.3 Å². The van der Waals surface area contributed by atoms with Crippen LogP contribution in [-0.4, -0.2) is 40.4 Å². The number of anilines is 1. The van der Waals surface area contributed by atoms with Crippen LogP contribution in [0.3, 0.4) is 0 Å². The Hall–Kier alpha value is -2.43. The van der Waals surface area contributed by atoms with E-state index in [0.29, 0.717) is 13.0 Å². The molecule has 2 fully saturated rings. The molecule has 0 aromatic carbocycles. The number of likely N-dealkylation sites (tertiary alicyclic amines) is 1. The third-order valence-electron chi connectivity index (χ3n) is 5.73. The fourth-order valence-electron chi connectivity index (χ4n) is 4.42. The molecule has 0 N–H and O–H groups in total. The van der Waals surface area contributed by atoms with Crippen molar-refractivity contribution in [3.63, 3.8) is 0 Å². The van der Waals surface area contributed by atoms with Gasteiger partial charge in [0.2, 0.25) is 5.91 Å². The van der Waals surface area contributed by atoms with Gasteiger partial charge in [0.25, 0.3) is 0 Å². The molecule has 2 aliphatic rings. The second-order valence-corrected chi connectivity index (χ2v) is 7.75. The summed E-state index contributed by atoms with van der Waals surface area (Å²) in [6.45, 7) is 5.59. The highest BCUT2D eigenvalue weighted by Gasteiger charge is 2.41. The van der Waals surface area contributed by atoms with E-state index in [4.69, 9.17) is 0 Å². The smallest absolute Gasteiger partial charge is 0.222 e. The van der Waals surface area contributed by atoms with Crippen LogP contribution in [0.15, 0.2) is 42.7 Å². The first-order valence-electron chi connectivity index (χ1n) is 9.49. The Morgan fingerprint density at radius 1 is 1.12 bits per heavy atom. The number of hydrogen-bond donors (Lipinski definition) is 0. The zero-order chi connectivity index (χ0) is 18.0. The number of carbonyl (C=O) groups excluding carboxylic acids is 1. The molecule has 1 spiro atoms. The van der Waals surface area contributed by atoms with Crippen LogP contribution in [0.4, 0.5) is 5.69 Å². The Kier molecular flexibility index (Phi) is 4.62. The molecule has 5 nitrogen and oxygen atoms in total. The number of aryl methyl sites for hydroxylation is 1. The predicted octanol–water partition coefficient (Wildman–Crippen LogP) is 3.19. The summed E-state index contributed by atoms with van der Waals surface area (Å²) in [6, 6.07) is 10.2. The molecule has 0 unspecified atom stereocenters. The maximum atomic E-state index is 12.5. The van der Waals surface area contributed by atoms with Gasteiger partial charge in [-0.05, 0) is 50.5 Å². The summed E-state index contributed by atoms with van der Waals surface area (Å²) < 4.78 is 0. The van der Waals surface area contributed by atoms with Gasteiger partial charge < -0.3 is 9.80 Å². The van der Waals surface area contributed by atoms with E-state index in [9.17, 15) is 4.79 Å². The molecule has 2 saturated heterocycles. The number of amides is 1. The van der Waals surface area contributed by atoms with Gasteiger partial charge in [-0.1, -0.05) is 6.07 Å². The Bertz CT molecular complexity index is 779. The number of pyridine rings is 2. The highest BCUT2D eigenvalue weighted by atomic mass is 16.2. The predicted molar refractivity (Wildman–Crippen MR) is 102 cm³/mol. The molecule has 0 aliphatic carbocycles. The number of aromatic nitrogens is 2. The molecule has 2 aromatic rings. The van der Waals surface area contributed by atoms with Gasteiger partial charge in [-0.2, -0.15) is 0 Å². The van der Waals surface area contributed by atoms with Crippen LogP contribution in [0.1, 0.15) is 37.1 Å². The SMILES string of the molecule is Cc1cc(N2CCC[C@]3(CCC(=O)N(Cc4ccccn4)C3)C2)ccn1. The molecule has 5 heteroatoms. The second kappa shape index (κ2) is 7.06. The first kappa shape index (κ1) is 17.0. The van der Waals surface area contributed by atoms with E-state index in [0.717, 1.165) is 37.4 Å². The molecular weight excluding hydrogens is 324 g/mol. The summed E-state index contributed by atoms with van der Waals surface area (Å²) in [6.07, 6.45) is 7.70. The minimum absolute atomic E-state index is 0.193. The number of hydrogen-bond acceptors (Lipinski definition) is 4. The van der Waals surface area contributed by atoms with Crippen LogP contribution in [0.2, 0.25) is 0 Å². The molecule has 0 bridgehead atoms. The molecule has 4 heterocycles. The minimum Gasteiger partial charge on any atom is -0.371 e. The van der Waals surface area contributed by atoms with Crippen molar-refractivity contribution in [2.45, 2.75) is 39.2 Å². The average molecular weight is 350 g/mol. The average Bonchev–Trinajstić information content (AvgIpc) is 2.66. The van der Waals surface area contributed by atoms with Crippen molar-refractivity contribution in [1.82, 2.24) is 14.9 Å². The van der Waals surface area contributed by atoms with Gasteiger partial charge in [-0.25, -0.2) is 0 Å². The van der Waals surface area contributed by atoms with Crippen LogP contribution in [0.5, 0.6) is 0 Å². The highest BCUT2D eigenvalue weighted by molar-refractivity contribution is 5.77. The Morgan fingerprint density at radius 3 is 2.85 bits per heavy atom. The molecule has 1 atom stereocenters. The van der Waals surface area contributed by atoms with E-state index in [1.165, 1.54) is 18.5 Å². The normalized spacial score (nSPS) is 23.5. The first-order valence-corrected chi connectivity index (χ1v) is 9.49. The number of rotatable bonds is 3. The molecule has 136 valence electrons. The molecule has 0 saturated carbocycles. The number of nitrogens with zero attached hydrogens (tertiary/aromatic N) is 4. The minimum atomic E-state index is 0.193. The Balaban J connectivity index is 1.51. The lowest BCUT2D eigenvalue weighted by atomic mass is 9.73. The summed E-state index contributed by atoms with van der Waals surface area (Å²) in [4.78, 5) is 25.7. The summed E-state index contributed by atoms with van der Waals surface area (Å²) in [5.41, 5.74) is 3.47. The molecule has 4 rings (SSSR count). The van der Waals surface area contributed by atoms with Crippen molar-refractivity contribution in [3.05, 3.63) is 54.1 Å². The Labute approximate surface area is 155 Å². The zero-order valence-electron chi connectivity index (χ0n) is 15.4. The van der Waals surface area contributed by atoms with E-state index in [1.54, 1.807) is 6.20 Å². The fourth-order valence-corrected chi connectivity index (χ4v) is 4.42. The van der Waals surface area contributed by atoms with Crippen LogP contribution in [-0.2, 0) is 11.3 Å². The number of piperidine rings is 2. The third-order valence-corrected chi connectivity index (χ3v) is 5.73. The summed E-state index contributed by atoms with van der Waals surface area (Å²) in [5.74, 6) is 0.262. The quantitative estimate of drug-likeness (QED) is 0.853. The largest absolute Gasteiger partial charge is 0.371 e. The van der Waals surface area contributed by atoms with E-state index in [1.807, 2.05) is 36.2 Å². The van der Waals surface area contributed by atoms with Gasteiger partial charge in [-0.15, -0.1) is 0 Å². The van der Waals surface area contributed by atoms with Crippen molar-refractivity contribution in [2.24, 2.45) is 5.41 Å². The monoisotopic (exact) mass is 350 g/mol. The van der Waals surface area contributed by atoms with Gasteiger partial charge >= 0.3 is 0 Å². The van der Waals surface area contributed by atoms with Crippen LogP contribution >= 0.6 is 0 Å². The molecule has 1 amide bonds. The molecular formula is C21H26N4O. The lowest BCUT2D eigenvalue weighted by Crippen LogP contribution is -2.53. The fraction of sp³-hybridized carbons (Fsp3) is 0.476. The van der Waals surface area contributed by atoms with E-state index < -0.39 is 0 Å². The highest BCUT2D eigenvalue weighted by Crippen LogP contribution is 2.40. The maximum Gasteiger partial charge on any atom is 0.222 e. The number of carbonyl (C=O) groups is 1. The molecule has 26 heavy (non-hydrogen) atoms. The first-order chi connectivity index (χ1) is 12.6. The van der Waals surface area contributed by atoms with Crippen LogP contribution < -0.4 is 4.90 Å². The second-order valence-electron chi connectivity index (χ2n) is 7.75. The van der Waals surface area contributed by atoms with Crippen molar-refractivity contribution >= 4 is 11.6 Å². The van der Waals surface area contributed by atoms with Crippen molar-refractivity contribution in [2.75, 3.05) is 24.5 Å². The standard InChI is InChI=1S/C21H26N4O/c1-17-13-19(7-11-22-17)24-12-4-8-21(15-24)9-6-20(26)25(16-21)14-18-5-2-3-10-23-18/h2-3,5,7,10-11,13H,4,6,8-9,12,14-16H2,1H3/t21-/m0/s1. The summed E-state index contributed by atoms with van der Waals surface area (Å²) >= 11 is 0. The molecule has 2 aromatic heterocycles. The third kappa shape index (κ3) is 3.57. The van der Waals surface area contributed by atoms with Gasteiger partial charge in [-0.3, -0.25) is 14.8 Å². The van der Waals surface area contributed by atoms with Crippen LogP contribution in [0.25, 0.3) is 0 Å². The maximum absolute atomic E-state index is 12.5. The van der Waals surface area contributed by atoms with Crippen LogP contribution in [0, 0.1) is 12.3 Å². The topological polar surface area (TPSA) is 49.3 Å². The van der Waals surface area contributed by atoms with Crippen molar-refractivity contribution in [1.29, 1.82) is 0 Å². The summed E-state index contributed by atoms with van der Waals surface area (Å²) in [5, 5.41) is 0. The van der Waals surface area contributed by atoms with Gasteiger partial charge in [0.15, 0.2) is 0 Å². The van der Waals surface area contributed by atoms with E-state index >= 15 is 0 Å². The van der Waals surface area contributed by atoms with Gasteiger partial charge in [0.1, 0.15) is 0 Å².